The van der Waals surface area contributed by atoms with Gasteiger partial charge in [-0.1, -0.05) is 6.07 Å². The van der Waals surface area contributed by atoms with Crippen molar-refractivity contribution in [3.8, 4) is 5.75 Å². The topological polar surface area (TPSA) is 71.8 Å². The first-order valence-corrected chi connectivity index (χ1v) is 7.30. The van der Waals surface area contributed by atoms with Gasteiger partial charge in [0.05, 0.1) is 19.9 Å². The smallest absolute Gasteiger partial charge is 0.226 e. The molecule has 0 unspecified atom stereocenters. The molecule has 0 aliphatic rings. The van der Waals surface area contributed by atoms with E-state index >= 15 is 0 Å². The molecule has 1 aromatic heterocycles. The summed E-state index contributed by atoms with van der Waals surface area (Å²) >= 11 is 0. The summed E-state index contributed by atoms with van der Waals surface area (Å²) in [7, 11) is 1.57. The molecule has 6 nitrogen and oxygen atoms in total. The van der Waals surface area contributed by atoms with Crippen molar-refractivity contribution in [2.75, 3.05) is 19.0 Å². The number of nitrogens with one attached hydrogen (secondary N) is 1. The average molecular weight is 316 g/mol. The van der Waals surface area contributed by atoms with Crippen LogP contribution in [0.2, 0.25) is 0 Å². The summed E-state index contributed by atoms with van der Waals surface area (Å²) in [4.78, 5) is 25.3. The van der Waals surface area contributed by atoms with Crippen molar-refractivity contribution in [1.29, 1.82) is 0 Å². The molecule has 0 aliphatic heterocycles. The monoisotopic (exact) mass is 316 g/mol. The van der Waals surface area contributed by atoms with Crippen LogP contribution in [0.4, 0.5) is 5.69 Å². The lowest BCUT2D eigenvalue weighted by molar-refractivity contribution is -0.130. The number of benzene rings is 1. The van der Waals surface area contributed by atoms with E-state index in [1.54, 1.807) is 54.7 Å². The molecule has 0 fully saturated rings. The second-order valence-corrected chi connectivity index (χ2v) is 5.05. The number of methoxy groups -OCH3 is 1. The number of hydrogen-bond donors (Lipinski definition) is 1. The Kier molecular flexibility index (Phi) is 5.80. The zero-order chi connectivity index (χ0) is 16.7. The molecule has 122 valence electrons. The van der Waals surface area contributed by atoms with Gasteiger partial charge in [0.25, 0.3) is 0 Å². The van der Waals surface area contributed by atoms with Gasteiger partial charge in [-0.2, -0.15) is 0 Å². The summed E-state index contributed by atoms with van der Waals surface area (Å²) in [5.74, 6) is 1.10. The number of hydrogen-bond acceptors (Lipinski definition) is 4. The van der Waals surface area contributed by atoms with Gasteiger partial charge in [-0.15, -0.1) is 0 Å². The summed E-state index contributed by atoms with van der Waals surface area (Å²) < 4.78 is 10.3. The molecule has 0 aliphatic carbocycles. The Labute approximate surface area is 135 Å². The van der Waals surface area contributed by atoms with Gasteiger partial charge >= 0.3 is 0 Å². The van der Waals surface area contributed by atoms with E-state index in [4.69, 9.17) is 9.15 Å². The molecule has 0 radical (unpaired) electrons. The van der Waals surface area contributed by atoms with E-state index in [1.807, 2.05) is 0 Å². The first-order chi connectivity index (χ1) is 11.1. The molecule has 0 bridgehead atoms. The minimum Gasteiger partial charge on any atom is -0.497 e. The van der Waals surface area contributed by atoms with E-state index in [-0.39, 0.29) is 18.2 Å². The zero-order valence-electron chi connectivity index (χ0n) is 13.2. The standard InChI is InChI=1S/C17H20N2O4/c1-13(20)19(12-16-7-4-10-23-16)9-8-17(21)18-14-5-3-6-15(11-14)22-2/h3-7,10-11H,8-9,12H2,1-2H3,(H,18,21). The summed E-state index contributed by atoms with van der Waals surface area (Å²) in [5.41, 5.74) is 0.662. The van der Waals surface area contributed by atoms with Gasteiger partial charge in [0, 0.05) is 31.6 Å². The highest BCUT2D eigenvalue weighted by molar-refractivity contribution is 5.91. The van der Waals surface area contributed by atoms with E-state index in [2.05, 4.69) is 5.32 Å². The lowest BCUT2D eigenvalue weighted by Gasteiger charge is -2.19. The molecule has 23 heavy (non-hydrogen) atoms. The summed E-state index contributed by atoms with van der Waals surface area (Å²) in [6.07, 6.45) is 1.76. The second-order valence-electron chi connectivity index (χ2n) is 5.05. The van der Waals surface area contributed by atoms with Crippen LogP contribution in [0.1, 0.15) is 19.1 Å². The van der Waals surface area contributed by atoms with Crippen molar-refractivity contribution < 1.29 is 18.7 Å². The fourth-order valence-electron chi connectivity index (χ4n) is 2.10. The number of rotatable bonds is 7. The Balaban J connectivity index is 1.87. The second kappa shape index (κ2) is 8.03. The van der Waals surface area contributed by atoms with Crippen LogP contribution in [0.25, 0.3) is 0 Å². The minimum atomic E-state index is -0.163. The molecule has 0 spiro atoms. The Bertz CT molecular complexity index is 652. The molecule has 2 aromatic rings. The normalized spacial score (nSPS) is 10.2. The van der Waals surface area contributed by atoms with Crippen LogP contribution in [0.3, 0.4) is 0 Å². The molecule has 1 aromatic carbocycles. The highest BCUT2D eigenvalue weighted by Gasteiger charge is 2.13. The van der Waals surface area contributed by atoms with Gasteiger partial charge in [-0.3, -0.25) is 9.59 Å². The van der Waals surface area contributed by atoms with Crippen molar-refractivity contribution in [3.05, 3.63) is 48.4 Å². The summed E-state index contributed by atoms with van der Waals surface area (Å²) in [5, 5.41) is 2.79. The van der Waals surface area contributed by atoms with Gasteiger partial charge in [0.2, 0.25) is 11.8 Å². The van der Waals surface area contributed by atoms with E-state index in [0.29, 0.717) is 30.3 Å². The molecule has 0 saturated carbocycles. The van der Waals surface area contributed by atoms with Crippen LogP contribution in [0.15, 0.2) is 47.1 Å². The molecular formula is C17H20N2O4. The van der Waals surface area contributed by atoms with Crippen LogP contribution in [0.5, 0.6) is 5.75 Å². The molecule has 1 N–H and O–H groups in total. The largest absolute Gasteiger partial charge is 0.497 e. The van der Waals surface area contributed by atoms with Crippen LogP contribution in [-0.4, -0.2) is 30.4 Å². The van der Waals surface area contributed by atoms with Crippen molar-refractivity contribution >= 4 is 17.5 Å². The Morgan fingerprint density at radius 2 is 2.09 bits per heavy atom. The van der Waals surface area contributed by atoms with Gasteiger partial charge in [-0.25, -0.2) is 0 Å². The number of furan rings is 1. The highest BCUT2D eigenvalue weighted by atomic mass is 16.5. The summed E-state index contributed by atoms with van der Waals surface area (Å²) in [6, 6.07) is 10.7. The number of ether oxygens (including phenoxy) is 1. The Morgan fingerprint density at radius 3 is 2.74 bits per heavy atom. The Hall–Kier alpha value is -2.76. The molecule has 0 saturated heterocycles. The molecular weight excluding hydrogens is 296 g/mol. The van der Waals surface area contributed by atoms with Crippen molar-refractivity contribution in [2.45, 2.75) is 19.9 Å². The third-order valence-corrected chi connectivity index (χ3v) is 3.33. The van der Waals surface area contributed by atoms with Crippen LogP contribution in [-0.2, 0) is 16.1 Å². The van der Waals surface area contributed by atoms with E-state index in [0.717, 1.165) is 0 Å². The fraction of sp³-hybridized carbons (Fsp3) is 0.294. The fourth-order valence-corrected chi connectivity index (χ4v) is 2.10. The molecule has 1 heterocycles. The zero-order valence-corrected chi connectivity index (χ0v) is 13.2. The molecule has 0 atom stereocenters. The van der Waals surface area contributed by atoms with E-state index < -0.39 is 0 Å². The molecule has 2 amide bonds. The third-order valence-electron chi connectivity index (χ3n) is 3.33. The van der Waals surface area contributed by atoms with Gasteiger partial charge < -0.3 is 19.4 Å². The van der Waals surface area contributed by atoms with E-state index in [9.17, 15) is 9.59 Å². The maximum absolute atomic E-state index is 12.0. The number of anilines is 1. The number of amides is 2. The van der Waals surface area contributed by atoms with Crippen molar-refractivity contribution in [3.63, 3.8) is 0 Å². The Morgan fingerprint density at radius 1 is 1.26 bits per heavy atom. The lowest BCUT2D eigenvalue weighted by Crippen LogP contribution is -2.31. The SMILES string of the molecule is COc1cccc(NC(=O)CCN(Cc2ccco2)C(C)=O)c1. The minimum absolute atomic E-state index is 0.101. The van der Waals surface area contributed by atoms with Crippen molar-refractivity contribution in [2.24, 2.45) is 0 Å². The van der Waals surface area contributed by atoms with Crippen LogP contribution >= 0.6 is 0 Å². The highest BCUT2D eigenvalue weighted by Crippen LogP contribution is 2.17. The van der Waals surface area contributed by atoms with Gasteiger partial charge in [-0.05, 0) is 24.3 Å². The van der Waals surface area contributed by atoms with E-state index in [1.165, 1.54) is 6.92 Å². The lowest BCUT2D eigenvalue weighted by atomic mass is 10.2. The quantitative estimate of drug-likeness (QED) is 0.852. The van der Waals surface area contributed by atoms with Crippen LogP contribution in [0, 0.1) is 0 Å². The van der Waals surface area contributed by atoms with Crippen molar-refractivity contribution in [1.82, 2.24) is 4.90 Å². The van der Waals surface area contributed by atoms with Gasteiger partial charge in [0.1, 0.15) is 11.5 Å². The number of carbonyl (C=O) groups excluding carboxylic acids is 2. The predicted molar refractivity (Wildman–Crippen MR) is 86.0 cm³/mol. The first-order valence-electron chi connectivity index (χ1n) is 7.30. The number of nitrogens with zero attached hydrogens (tertiary/aromatic N) is 1. The maximum Gasteiger partial charge on any atom is 0.226 e. The number of carbonyl (C=O) groups is 2. The van der Waals surface area contributed by atoms with Gasteiger partial charge in [0.15, 0.2) is 0 Å². The molecule has 2 rings (SSSR count). The molecule has 6 heteroatoms. The predicted octanol–water partition coefficient (Wildman–Crippen LogP) is 2.67. The first kappa shape index (κ1) is 16.6. The van der Waals surface area contributed by atoms with Crippen LogP contribution < -0.4 is 10.1 Å². The third kappa shape index (κ3) is 5.18. The summed E-state index contributed by atoms with van der Waals surface area (Å²) in [6.45, 7) is 2.16. The maximum atomic E-state index is 12.0. The average Bonchev–Trinajstić information content (AvgIpc) is 3.04.